The van der Waals surface area contributed by atoms with Crippen molar-refractivity contribution in [2.45, 2.75) is 6.42 Å². The van der Waals surface area contributed by atoms with Crippen molar-refractivity contribution in [3.8, 4) is 17.2 Å². The Morgan fingerprint density at radius 2 is 1.96 bits per heavy atom. The third-order valence-corrected chi connectivity index (χ3v) is 5.23. The van der Waals surface area contributed by atoms with Crippen molar-refractivity contribution in [1.29, 1.82) is 0 Å². The summed E-state index contributed by atoms with van der Waals surface area (Å²) in [6.07, 6.45) is 3.12. The van der Waals surface area contributed by atoms with Gasteiger partial charge in [-0.05, 0) is 36.1 Å². The minimum Gasteiger partial charge on any atom is -0.356 e. The van der Waals surface area contributed by atoms with Gasteiger partial charge in [0.25, 0.3) is 0 Å². The van der Waals surface area contributed by atoms with Gasteiger partial charge in [0.15, 0.2) is 11.1 Å². The van der Waals surface area contributed by atoms with Gasteiger partial charge >= 0.3 is 0 Å². The van der Waals surface area contributed by atoms with Crippen molar-refractivity contribution in [1.82, 2.24) is 19.9 Å². The Balaban J connectivity index is 1.45. The molecule has 4 heterocycles. The molecule has 1 aliphatic heterocycles. The van der Waals surface area contributed by atoms with E-state index < -0.39 is 0 Å². The average Bonchev–Trinajstić information content (AvgIpc) is 3.36. The zero-order chi connectivity index (χ0) is 18.1. The minimum atomic E-state index is 0.794. The molecule has 0 bridgehead atoms. The van der Waals surface area contributed by atoms with Crippen molar-refractivity contribution in [3.05, 3.63) is 60.1 Å². The molecule has 0 aliphatic carbocycles. The fraction of sp³-hybridized carbons (Fsp3) is 0.150. The zero-order valence-corrected chi connectivity index (χ0v) is 15.4. The molecule has 0 fully saturated rings. The lowest BCUT2D eigenvalue weighted by Gasteiger charge is -2.14. The van der Waals surface area contributed by atoms with Crippen LogP contribution in [0.3, 0.4) is 0 Å². The lowest BCUT2D eigenvalue weighted by Crippen LogP contribution is -2.35. The van der Waals surface area contributed by atoms with E-state index in [-0.39, 0.29) is 0 Å². The van der Waals surface area contributed by atoms with Crippen LogP contribution in [0.5, 0.6) is 0 Å². The van der Waals surface area contributed by atoms with E-state index in [1.165, 1.54) is 5.39 Å². The van der Waals surface area contributed by atoms with Crippen molar-refractivity contribution >= 4 is 33.3 Å². The van der Waals surface area contributed by atoms with Crippen LogP contribution in [0.25, 0.3) is 28.1 Å². The first-order valence-corrected chi connectivity index (χ1v) is 9.79. The Labute approximate surface area is 160 Å². The molecule has 0 saturated heterocycles. The number of hydrogen-bond acceptors (Lipinski definition) is 6. The summed E-state index contributed by atoms with van der Waals surface area (Å²) in [4.78, 5) is 13.9. The molecule has 0 unspecified atom stereocenters. The van der Waals surface area contributed by atoms with Crippen molar-refractivity contribution in [2.75, 3.05) is 18.4 Å². The number of nitrogens with zero attached hydrogens (tertiary/aromatic N) is 4. The highest BCUT2D eigenvalue weighted by Crippen LogP contribution is 2.25. The van der Waals surface area contributed by atoms with E-state index in [9.17, 15) is 0 Å². The predicted molar refractivity (Wildman–Crippen MR) is 111 cm³/mol. The number of fused-ring (bicyclic) bond motifs is 1. The first-order valence-electron chi connectivity index (χ1n) is 8.92. The lowest BCUT2D eigenvalue weighted by molar-refractivity contribution is 0.740. The molecule has 1 aromatic carbocycles. The maximum Gasteiger partial charge on any atom is 0.197 e. The molecule has 0 radical (unpaired) electrons. The third kappa shape index (κ3) is 3.17. The quantitative estimate of drug-likeness (QED) is 0.571. The van der Waals surface area contributed by atoms with E-state index in [1.54, 1.807) is 11.3 Å². The highest BCUT2D eigenvalue weighted by molar-refractivity contribution is 7.14. The molecule has 6 nitrogen and oxygen atoms in total. The smallest absolute Gasteiger partial charge is 0.197 e. The number of benzene rings is 1. The third-order valence-electron chi connectivity index (χ3n) is 4.47. The number of nitrogens with one attached hydrogen (secondary N) is 2. The zero-order valence-electron chi connectivity index (χ0n) is 14.6. The number of rotatable bonds is 3. The molecular formula is C20H18N6S. The average molecular weight is 374 g/mol. The van der Waals surface area contributed by atoms with Gasteiger partial charge in [-0.3, -0.25) is 4.99 Å². The first-order chi connectivity index (χ1) is 13.4. The van der Waals surface area contributed by atoms with Crippen LogP contribution in [0.1, 0.15) is 6.42 Å². The summed E-state index contributed by atoms with van der Waals surface area (Å²) in [5.41, 5.74) is 2.86. The molecule has 0 amide bonds. The summed E-state index contributed by atoms with van der Waals surface area (Å²) in [5.74, 6) is 1.68. The van der Waals surface area contributed by atoms with E-state index in [2.05, 4.69) is 49.6 Å². The van der Waals surface area contributed by atoms with E-state index >= 15 is 0 Å². The van der Waals surface area contributed by atoms with Crippen LogP contribution in [-0.2, 0) is 0 Å². The summed E-state index contributed by atoms with van der Waals surface area (Å²) in [5, 5.41) is 10.5. The maximum absolute atomic E-state index is 4.83. The first kappa shape index (κ1) is 16.0. The number of hydrogen-bond donors (Lipinski definition) is 2. The van der Waals surface area contributed by atoms with Gasteiger partial charge in [-0.25, -0.2) is 9.97 Å². The molecule has 0 atom stereocenters. The second-order valence-corrected chi connectivity index (χ2v) is 7.16. The SMILES string of the molecule is c1cc(-c2csc(NC3=NCCCN3)n2)nc(-n2ccc3ccccc32)c1. The monoisotopic (exact) mass is 374 g/mol. The van der Waals surface area contributed by atoms with E-state index in [4.69, 9.17) is 4.98 Å². The fourth-order valence-corrected chi connectivity index (χ4v) is 3.85. The summed E-state index contributed by atoms with van der Waals surface area (Å²) in [7, 11) is 0. The Kier molecular flexibility index (Phi) is 4.06. The summed E-state index contributed by atoms with van der Waals surface area (Å²) < 4.78 is 2.10. The topological polar surface area (TPSA) is 67.1 Å². The second-order valence-electron chi connectivity index (χ2n) is 6.30. The van der Waals surface area contributed by atoms with E-state index in [1.807, 2.05) is 35.7 Å². The number of aromatic nitrogens is 3. The van der Waals surface area contributed by atoms with Crippen molar-refractivity contribution < 1.29 is 0 Å². The van der Waals surface area contributed by atoms with Crippen molar-refractivity contribution in [2.24, 2.45) is 4.99 Å². The van der Waals surface area contributed by atoms with Gasteiger partial charge in [-0.2, -0.15) is 0 Å². The molecule has 27 heavy (non-hydrogen) atoms. The minimum absolute atomic E-state index is 0.794. The van der Waals surface area contributed by atoms with Crippen LogP contribution >= 0.6 is 11.3 Å². The van der Waals surface area contributed by atoms with Crippen molar-refractivity contribution in [3.63, 3.8) is 0 Å². The van der Waals surface area contributed by atoms with Crippen LogP contribution in [0.15, 0.2) is 65.1 Å². The number of pyridine rings is 1. The number of anilines is 1. The van der Waals surface area contributed by atoms with Gasteiger partial charge in [-0.1, -0.05) is 24.3 Å². The van der Waals surface area contributed by atoms with Crippen LogP contribution in [0.4, 0.5) is 5.13 Å². The van der Waals surface area contributed by atoms with E-state index in [0.29, 0.717) is 0 Å². The summed E-state index contributed by atoms with van der Waals surface area (Å²) in [6.45, 7) is 1.79. The van der Waals surface area contributed by atoms with Gasteiger partial charge in [0.05, 0.1) is 11.2 Å². The molecule has 4 aromatic rings. The van der Waals surface area contributed by atoms with Gasteiger partial charge in [-0.15, -0.1) is 11.3 Å². The molecule has 134 valence electrons. The number of aliphatic imine (C=N–C) groups is 1. The molecule has 7 heteroatoms. The molecule has 2 N–H and O–H groups in total. The molecular weight excluding hydrogens is 356 g/mol. The molecule has 1 aliphatic rings. The fourth-order valence-electron chi connectivity index (χ4n) is 3.15. The van der Waals surface area contributed by atoms with Crippen LogP contribution < -0.4 is 10.6 Å². The lowest BCUT2D eigenvalue weighted by atomic mass is 10.2. The van der Waals surface area contributed by atoms with Gasteiger partial charge in [0, 0.05) is 24.7 Å². The Bertz CT molecular complexity index is 1130. The number of guanidine groups is 1. The number of para-hydroxylation sites is 1. The number of thiazole rings is 1. The van der Waals surface area contributed by atoms with E-state index in [0.717, 1.165) is 53.3 Å². The van der Waals surface area contributed by atoms with Crippen LogP contribution in [0.2, 0.25) is 0 Å². The standard InChI is InChI=1S/C20H18N6S/c1-2-7-17-14(5-1)9-12-26(17)18-8-3-6-15(23-18)16-13-27-20(24-16)25-19-21-10-4-11-22-19/h1-3,5-9,12-13H,4,10-11H2,(H2,21,22,24,25). The maximum atomic E-state index is 4.83. The summed E-state index contributed by atoms with van der Waals surface area (Å²) in [6, 6.07) is 16.4. The summed E-state index contributed by atoms with van der Waals surface area (Å²) >= 11 is 1.55. The Morgan fingerprint density at radius 1 is 1.00 bits per heavy atom. The predicted octanol–water partition coefficient (Wildman–Crippen LogP) is 3.91. The Morgan fingerprint density at radius 3 is 2.89 bits per heavy atom. The van der Waals surface area contributed by atoms with Crippen LogP contribution in [0, 0.1) is 0 Å². The van der Waals surface area contributed by atoms with Gasteiger partial charge in [0.2, 0.25) is 0 Å². The van der Waals surface area contributed by atoms with Gasteiger partial charge in [0.1, 0.15) is 11.5 Å². The van der Waals surface area contributed by atoms with Gasteiger partial charge < -0.3 is 15.2 Å². The largest absolute Gasteiger partial charge is 0.356 e. The van der Waals surface area contributed by atoms with Crippen LogP contribution in [-0.4, -0.2) is 33.6 Å². The Hall–Kier alpha value is -3.19. The second kappa shape index (κ2) is 6.85. The molecule has 3 aromatic heterocycles. The molecule has 0 saturated carbocycles. The normalized spacial score (nSPS) is 14.0. The molecule has 5 rings (SSSR count). The highest BCUT2D eigenvalue weighted by Gasteiger charge is 2.11. The highest BCUT2D eigenvalue weighted by atomic mass is 32.1. The molecule has 0 spiro atoms.